The molecule has 3 saturated heterocycles. The highest BCUT2D eigenvalue weighted by Crippen LogP contribution is 2.64. The Morgan fingerprint density at radius 3 is 2.55 bits per heavy atom. The quantitative estimate of drug-likeness (QED) is 0.0750. The predicted molar refractivity (Wildman–Crippen MR) is 258 cm³/mol. The molecule has 69 heavy (non-hydrogen) atoms. The smallest absolute Gasteiger partial charge is 0.297 e. The zero-order chi connectivity index (χ0) is 48.2. The standard InChI is InChI=1S/C51H59FN8O8S/c1-30(2)35-7-5-6-8-38(35)51-29-57(4)25-39(51)46(51)59-27-50(28-59)15-17-58(18-16-50)32-9-10-36(43(19-32)68-33-20-37-40(52)24-54-47(37)53-23-33)48(61)56-69(65,66)34-21-42(60(63)64)45-44(22-34)67-26-41(55-45)31-11-13-49(3,62)14-12-31/h5-10,19-24,30-31,39,41,46,55,62H,11-18,25-29H2,1-4H3,(H,53,54)(H,56,61)/t31?,39?,41-,46+,49?,51-/m1/s1. The van der Waals surface area contributed by atoms with Crippen molar-refractivity contribution >= 4 is 44.0 Å². The van der Waals surface area contributed by atoms with E-state index in [1.54, 1.807) is 19.1 Å². The molecule has 364 valence electrons. The number of amides is 1. The fraction of sp³-hybridized carbons (Fsp3) is 0.490. The van der Waals surface area contributed by atoms with E-state index in [1.807, 2.05) is 0 Å². The molecule has 16 nitrogen and oxygen atoms in total. The van der Waals surface area contributed by atoms with Gasteiger partial charge < -0.3 is 34.7 Å². The maximum atomic E-state index is 14.7. The minimum absolute atomic E-state index is 0.0174. The number of H-pyrrole nitrogens is 1. The number of fused-ring (bicyclic) bond motifs is 3. The van der Waals surface area contributed by atoms with Crippen molar-refractivity contribution in [2.24, 2.45) is 17.3 Å². The van der Waals surface area contributed by atoms with E-state index in [9.17, 15) is 32.8 Å². The van der Waals surface area contributed by atoms with Gasteiger partial charge in [0.2, 0.25) is 0 Å². The van der Waals surface area contributed by atoms with Gasteiger partial charge in [-0.1, -0.05) is 38.1 Å². The lowest BCUT2D eigenvalue weighted by molar-refractivity contribution is -0.384. The van der Waals surface area contributed by atoms with Crippen LogP contribution in [0.5, 0.6) is 17.2 Å². The molecule has 1 amide bonds. The van der Waals surface area contributed by atoms with Crippen molar-refractivity contribution in [2.75, 3.05) is 63.1 Å². The zero-order valence-corrected chi connectivity index (χ0v) is 40.2. The lowest BCUT2D eigenvalue weighted by Gasteiger charge is -2.55. The molecule has 4 atom stereocenters. The monoisotopic (exact) mass is 962 g/mol. The number of pyridine rings is 1. The van der Waals surface area contributed by atoms with E-state index in [4.69, 9.17) is 9.47 Å². The number of likely N-dealkylation sites (tertiary alicyclic amines) is 2. The molecular formula is C51H59FN8O8S. The summed E-state index contributed by atoms with van der Waals surface area (Å²) in [5.41, 5.74) is 3.08. The predicted octanol–water partition coefficient (Wildman–Crippen LogP) is 7.54. The van der Waals surface area contributed by atoms with Gasteiger partial charge in [0.05, 0.1) is 38.6 Å². The van der Waals surface area contributed by atoms with Gasteiger partial charge in [0, 0.05) is 86.7 Å². The number of hydrogen-bond donors (Lipinski definition) is 4. The SMILES string of the molecule is CC(C)c1ccccc1[C@]12CN(C)CC1[C@@H]2N1CC2(CCN(c3ccc(C(=O)NS(=O)(=O)c4cc5c(c([N+](=O)[O-])c4)N[C@@H](C4CCC(C)(O)CC4)CO5)c(Oc4cnc5[nH]cc(F)c5c4)c3)CC2)C1. The highest BCUT2D eigenvalue weighted by molar-refractivity contribution is 7.90. The summed E-state index contributed by atoms with van der Waals surface area (Å²) in [6.45, 7) is 12.4. The lowest BCUT2D eigenvalue weighted by Crippen LogP contribution is -2.62. The van der Waals surface area contributed by atoms with Gasteiger partial charge in [0.1, 0.15) is 29.6 Å². The number of likely N-dealkylation sites (N-methyl/N-ethyl adjacent to an activating group) is 1. The molecule has 18 heteroatoms. The number of aromatic nitrogens is 2. The second-order valence-corrected chi connectivity index (χ2v) is 23.0. The lowest BCUT2D eigenvalue weighted by atomic mass is 9.71. The number of carbonyl (C=O) groups excluding carboxylic acids is 1. The van der Waals surface area contributed by atoms with Crippen LogP contribution in [0.15, 0.2) is 78.0 Å². The number of benzene rings is 3. The van der Waals surface area contributed by atoms with Crippen molar-refractivity contribution in [1.29, 1.82) is 0 Å². The summed E-state index contributed by atoms with van der Waals surface area (Å²) in [6.07, 6.45) is 7.10. The summed E-state index contributed by atoms with van der Waals surface area (Å²) >= 11 is 0. The molecule has 3 aromatic carbocycles. The number of hydrogen-bond acceptors (Lipinski definition) is 13. The third-order valence-electron chi connectivity index (χ3n) is 16.4. The molecule has 2 aromatic heterocycles. The maximum absolute atomic E-state index is 14.7. The second-order valence-electron chi connectivity index (χ2n) is 21.3. The fourth-order valence-electron chi connectivity index (χ4n) is 12.6. The third kappa shape index (κ3) is 8.06. The minimum atomic E-state index is -4.72. The number of anilines is 2. The summed E-state index contributed by atoms with van der Waals surface area (Å²) in [5.74, 6) is -0.292. The van der Waals surface area contributed by atoms with Crippen molar-refractivity contribution in [2.45, 2.75) is 93.2 Å². The second kappa shape index (κ2) is 16.7. The van der Waals surface area contributed by atoms with Crippen LogP contribution in [0.25, 0.3) is 11.0 Å². The topological polar surface area (TPSA) is 195 Å². The summed E-state index contributed by atoms with van der Waals surface area (Å²) < 4.78 is 57.0. The number of nitro groups is 1. The van der Waals surface area contributed by atoms with E-state index in [1.165, 1.54) is 41.7 Å². The number of rotatable bonds is 11. The molecule has 4 aliphatic heterocycles. The van der Waals surface area contributed by atoms with Gasteiger partial charge in [-0.3, -0.25) is 19.8 Å². The molecule has 0 radical (unpaired) electrons. The number of piperidine rings is 2. The maximum Gasteiger partial charge on any atom is 0.297 e. The van der Waals surface area contributed by atoms with Crippen LogP contribution >= 0.6 is 0 Å². The first-order valence-corrected chi connectivity index (χ1v) is 25.6. The van der Waals surface area contributed by atoms with Gasteiger partial charge in [-0.25, -0.2) is 22.5 Å². The average molecular weight is 963 g/mol. The molecule has 11 rings (SSSR count). The van der Waals surface area contributed by atoms with E-state index in [0.717, 1.165) is 63.9 Å². The molecule has 1 spiro atoms. The number of nitrogens with zero attached hydrogens (tertiary/aromatic N) is 5. The number of sulfonamides is 1. The molecule has 6 heterocycles. The van der Waals surface area contributed by atoms with Crippen LogP contribution in [0.1, 0.15) is 86.7 Å². The van der Waals surface area contributed by atoms with Gasteiger partial charge in [-0.15, -0.1) is 0 Å². The summed E-state index contributed by atoms with van der Waals surface area (Å²) in [4.78, 5) is 39.8. The van der Waals surface area contributed by atoms with Crippen LogP contribution in [-0.4, -0.2) is 115 Å². The van der Waals surface area contributed by atoms with E-state index in [-0.39, 0.29) is 63.3 Å². The number of halogens is 1. The molecule has 5 aromatic rings. The van der Waals surface area contributed by atoms with Gasteiger partial charge in [0.25, 0.3) is 21.6 Å². The first kappa shape index (κ1) is 45.6. The van der Waals surface area contributed by atoms with Crippen molar-refractivity contribution in [3.8, 4) is 17.2 Å². The van der Waals surface area contributed by atoms with Gasteiger partial charge >= 0.3 is 0 Å². The fourth-order valence-corrected chi connectivity index (χ4v) is 13.6. The number of carbonyl (C=O) groups is 1. The minimum Gasteiger partial charge on any atom is -0.489 e. The molecule has 6 aliphatic rings. The van der Waals surface area contributed by atoms with Crippen molar-refractivity contribution < 1.29 is 37.1 Å². The Morgan fingerprint density at radius 1 is 1.06 bits per heavy atom. The van der Waals surface area contributed by atoms with Crippen LogP contribution in [-0.2, 0) is 15.4 Å². The Labute approximate surface area is 400 Å². The molecule has 5 fully saturated rings. The molecule has 2 saturated carbocycles. The Kier molecular flexibility index (Phi) is 11.0. The van der Waals surface area contributed by atoms with Gasteiger partial charge in [-0.2, -0.15) is 0 Å². The first-order valence-electron chi connectivity index (χ1n) is 24.2. The van der Waals surface area contributed by atoms with Crippen LogP contribution in [0.3, 0.4) is 0 Å². The highest BCUT2D eigenvalue weighted by atomic mass is 32.2. The third-order valence-corrected chi connectivity index (χ3v) is 17.7. The summed E-state index contributed by atoms with van der Waals surface area (Å²) in [7, 11) is -2.48. The van der Waals surface area contributed by atoms with Crippen LogP contribution < -0.4 is 24.4 Å². The Bertz CT molecular complexity index is 2970. The number of nitro benzene ring substituents is 1. The number of aromatic amines is 1. The van der Waals surface area contributed by atoms with Crippen LogP contribution in [0.2, 0.25) is 0 Å². The average Bonchev–Trinajstić information content (AvgIpc) is 3.52. The Morgan fingerprint density at radius 2 is 1.81 bits per heavy atom. The van der Waals surface area contributed by atoms with Crippen molar-refractivity contribution in [1.82, 2.24) is 24.5 Å². The summed E-state index contributed by atoms with van der Waals surface area (Å²) in [6, 6.07) is 17.8. The van der Waals surface area contributed by atoms with Gasteiger partial charge in [0.15, 0.2) is 11.4 Å². The van der Waals surface area contributed by atoms with Gasteiger partial charge in [-0.05, 0) is 99.1 Å². The zero-order valence-electron chi connectivity index (χ0n) is 39.3. The molecule has 4 N–H and O–H groups in total. The highest BCUT2D eigenvalue weighted by Gasteiger charge is 2.73. The number of nitrogens with one attached hydrogen (secondary N) is 3. The molecule has 2 aliphatic carbocycles. The number of ether oxygens (including phenoxy) is 2. The summed E-state index contributed by atoms with van der Waals surface area (Å²) in [5, 5.41) is 26.3. The Hall–Kier alpha value is -5.82. The molecular weight excluding hydrogens is 904 g/mol. The largest absolute Gasteiger partial charge is 0.489 e. The normalized spacial score (nSPS) is 27.6. The first-order chi connectivity index (χ1) is 32.9. The van der Waals surface area contributed by atoms with E-state index in [0.29, 0.717) is 49.2 Å². The molecule has 0 bridgehead atoms. The Balaban J connectivity index is 0.812. The van der Waals surface area contributed by atoms with Crippen LogP contribution in [0.4, 0.5) is 21.5 Å². The van der Waals surface area contributed by atoms with Crippen LogP contribution in [0, 0.1) is 33.2 Å². The number of aliphatic hydroxyl groups is 1. The van der Waals surface area contributed by atoms with E-state index >= 15 is 0 Å². The molecule has 1 unspecified atom stereocenters. The van der Waals surface area contributed by atoms with Crippen molar-refractivity contribution in [3.05, 3.63) is 106 Å². The van der Waals surface area contributed by atoms with Crippen molar-refractivity contribution in [3.63, 3.8) is 0 Å². The van der Waals surface area contributed by atoms with E-state index in [2.05, 4.69) is 79.9 Å². The van der Waals surface area contributed by atoms with E-state index < -0.39 is 42.9 Å².